The van der Waals surface area contributed by atoms with Crippen LogP contribution in [0.5, 0.6) is 0 Å². The second kappa shape index (κ2) is 4.51. The first-order chi connectivity index (χ1) is 9.69. The van der Waals surface area contributed by atoms with Crippen LogP contribution < -0.4 is 11.1 Å². The molecule has 0 heterocycles. The van der Waals surface area contributed by atoms with Crippen LogP contribution in [0.4, 0.5) is 11.4 Å². The Hall–Kier alpha value is -1.51. The fourth-order valence-electron chi connectivity index (χ4n) is 5.15. The lowest BCUT2D eigenvalue weighted by Crippen LogP contribution is -2.49. The number of anilines is 2. The van der Waals surface area contributed by atoms with Crippen LogP contribution in [0.3, 0.4) is 0 Å². The first-order valence-electron chi connectivity index (χ1n) is 7.85. The van der Waals surface area contributed by atoms with Gasteiger partial charge < -0.3 is 11.1 Å². The molecule has 0 atom stereocenters. The van der Waals surface area contributed by atoms with Crippen molar-refractivity contribution in [3.63, 3.8) is 0 Å². The largest absolute Gasteiger partial charge is 0.399 e. The molecule has 0 unspecified atom stereocenters. The maximum absolute atomic E-state index is 12.6. The highest BCUT2D eigenvalue weighted by atomic mass is 16.1. The predicted molar refractivity (Wildman–Crippen MR) is 80.0 cm³/mol. The molecule has 0 radical (unpaired) electrons. The number of benzene rings is 1. The molecule has 0 aromatic heterocycles. The van der Waals surface area contributed by atoms with Crippen LogP contribution in [0.2, 0.25) is 0 Å². The molecule has 5 rings (SSSR count). The van der Waals surface area contributed by atoms with Gasteiger partial charge in [-0.15, -0.1) is 0 Å². The fraction of sp³-hybridized carbons (Fsp3) is 0.588. The smallest absolute Gasteiger partial charge is 0.228 e. The van der Waals surface area contributed by atoms with Crippen LogP contribution in [0.1, 0.15) is 32.1 Å². The van der Waals surface area contributed by atoms with Gasteiger partial charge in [-0.25, -0.2) is 0 Å². The second-order valence-electron chi connectivity index (χ2n) is 7.07. The lowest BCUT2D eigenvalue weighted by Gasteiger charge is -2.53. The number of nitrogen functional groups attached to an aromatic ring is 1. The van der Waals surface area contributed by atoms with Crippen molar-refractivity contribution in [2.75, 3.05) is 11.1 Å². The molecule has 1 amide bonds. The van der Waals surface area contributed by atoms with Gasteiger partial charge in [0.25, 0.3) is 0 Å². The average molecular weight is 270 g/mol. The average Bonchev–Trinajstić information content (AvgIpc) is 2.40. The van der Waals surface area contributed by atoms with E-state index in [-0.39, 0.29) is 11.8 Å². The lowest BCUT2D eigenvalue weighted by atomic mass is 9.51. The topological polar surface area (TPSA) is 55.1 Å². The van der Waals surface area contributed by atoms with E-state index in [4.69, 9.17) is 5.73 Å². The summed E-state index contributed by atoms with van der Waals surface area (Å²) in [6, 6.07) is 7.46. The van der Waals surface area contributed by atoms with Crippen LogP contribution >= 0.6 is 0 Å². The van der Waals surface area contributed by atoms with Crippen molar-refractivity contribution in [1.29, 1.82) is 0 Å². The van der Waals surface area contributed by atoms with E-state index in [2.05, 4.69) is 5.32 Å². The summed E-state index contributed by atoms with van der Waals surface area (Å²) < 4.78 is 0. The SMILES string of the molecule is Nc1ccc(NC(=O)C2C3CC4CC(C3)CC2C4)cc1. The molecule has 1 aromatic carbocycles. The van der Waals surface area contributed by atoms with Crippen LogP contribution in [-0.4, -0.2) is 5.91 Å². The van der Waals surface area contributed by atoms with Gasteiger partial charge in [-0.2, -0.15) is 0 Å². The van der Waals surface area contributed by atoms with Crippen molar-refractivity contribution in [2.24, 2.45) is 29.6 Å². The van der Waals surface area contributed by atoms with Gasteiger partial charge >= 0.3 is 0 Å². The number of hydrogen-bond donors (Lipinski definition) is 2. The van der Waals surface area contributed by atoms with Gasteiger partial charge in [0.15, 0.2) is 0 Å². The summed E-state index contributed by atoms with van der Waals surface area (Å²) in [5, 5.41) is 3.10. The Balaban J connectivity index is 1.50. The molecule has 4 bridgehead atoms. The highest BCUT2D eigenvalue weighted by Gasteiger charge is 2.50. The van der Waals surface area contributed by atoms with Gasteiger partial charge in [-0.3, -0.25) is 4.79 Å². The van der Waals surface area contributed by atoms with E-state index in [1.54, 1.807) is 0 Å². The fourth-order valence-corrected chi connectivity index (χ4v) is 5.15. The van der Waals surface area contributed by atoms with E-state index < -0.39 is 0 Å². The van der Waals surface area contributed by atoms with Crippen molar-refractivity contribution in [3.8, 4) is 0 Å². The first kappa shape index (κ1) is 12.2. The molecular formula is C17H22N2O. The van der Waals surface area contributed by atoms with Crippen molar-refractivity contribution < 1.29 is 4.79 Å². The number of amides is 1. The molecular weight excluding hydrogens is 248 g/mol. The molecule has 4 aliphatic rings. The number of nitrogens with two attached hydrogens (primary N) is 1. The molecule has 0 aliphatic heterocycles. The van der Waals surface area contributed by atoms with E-state index in [0.717, 1.165) is 23.2 Å². The van der Waals surface area contributed by atoms with E-state index in [1.165, 1.54) is 32.1 Å². The molecule has 3 N–H and O–H groups in total. The van der Waals surface area contributed by atoms with Crippen LogP contribution in [0, 0.1) is 29.6 Å². The Morgan fingerprint density at radius 2 is 1.50 bits per heavy atom. The van der Waals surface area contributed by atoms with E-state index in [0.29, 0.717) is 11.8 Å². The Morgan fingerprint density at radius 1 is 0.950 bits per heavy atom. The summed E-state index contributed by atoms with van der Waals surface area (Å²) in [5.74, 6) is 3.60. The number of hydrogen-bond acceptors (Lipinski definition) is 2. The summed E-state index contributed by atoms with van der Waals surface area (Å²) in [5.41, 5.74) is 7.29. The Bertz CT molecular complexity index is 494. The minimum atomic E-state index is 0.239. The summed E-state index contributed by atoms with van der Waals surface area (Å²) in [6.07, 6.45) is 6.57. The van der Waals surface area contributed by atoms with Gasteiger partial charge in [0.05, 0.1) is 0 Å². The van der Waals surface area contributed by atoms with Crippen LogP contribution in [0.15, 0.2) is 24.3 Å². The zero-order chi connectivity index (χ0) is 13.7. The van der Waals surface area contributed by atoms with Gasteiger partial charge in [-0.1, -0.05) is 0 Å². The summed E-state index contributed by atoms with van der Waals surface area (Å²) in [7, 11) is 0. The molecule has 4 fully saturated rings. The number of carbonyl (C=O) groups is 1. The molecule has 4 aliphatic carbocycles. The zero-order valence-electron chi connectivity index (χ0n) is 11.7. The molecule has 1 aromatic rings. The van der Waals surface area contributed by atoms with Crippen LogP contribution in [-0.2, 0) is 4.79 Å². The van der Waals surface area contributed by atoms with Gasteiger partial charge in [0.1, 0.15) is 0 Å². The standard InChI is InChI=1S/C17H22N2O/c18-14-1-3-15(4-2-14)19-17(20)16-12-6-10-5-11(8-12)9-13(16)7-10/h1-4,10-13,16H,5-9,18H2,(H,19,20). The normalized spacial score (nSPS) is 37.9. The van der Waals surface area contributed by atoms with Crippen molar-refractivity contribution in [3.05, 3.63) is 24.3 Å². The van der Waals surface area contributed by atoms with E-state index in [1.807, 2.05) is 24.3 Å². The zero-order valence-corrected chi connectivity index (χ0v) is 11.7. The predicted octanol–water partition coefficient (Wildman–Crippen LogP) is 3.28. The summed E-state index contributed by atoms with van der Waals surface area (Å²) in [4.78, 5) is 12.6. The third-order valence-corrected chi connectivity index (χ3v) is 5.71. The Labute approximate surface area is 119 Å². The quantitative estimate of drug-likeness (QED) is 0.810. The molecule has 106 valence electrons. The third-order valence-electron chi connectivity index (χ3n) is 5.71. The Kier molecular flexibility index (Phi) is 2.76. The van der Waals surface area contributed by atoms with Crippen LogP contribution in [0.25, 0.3) is 0 Å². The molecule has 3 heteroatoms. The molecule has 3 nitrogen and oxygen atoms in total. The highest BCUT2D eigenvalue weighted by molar-refractivity contribution is 5.93. The first-order valence-corrected chi connectivity index (χ1v) is 7.85. The third kappa shape index (κ3) is 2.00. The minimum Gasteiger partial charge on any atom is -0.399 e. The monoisotopic (exact) mass is 270 g/mol. The van der Waals surface area contributed by atoms with Crippen molar-refractivity contribution in [1.82, 2.24) is 0 Å². The maximum atomic E-state index is 12.6. The number of rotatable bonds is 2. The van der Waals surface area contributed by atoms with E-state index in [9.17, 15) is 4.79 Å². The summed E-state index contributed by atoms with van der Waals surface area (Å²) >= 11 is 0. The summed E-state index contributed by atoms with van der Waals surface area (Å²) in [6.45, 7) is 0. The molecule has 0 saturated heterocycles. The number of nitrogens with one attached hydrogen (secondary N) is 1. The highest BCUT2D eigenvalue weighted by Crippen LogP contribution is 2.56. The number of carbonyl (C=O) groups excluding carboxylic acids is 1. The van der Waals surface area contributed by atoms with Gasteiger partial charge in [-0.05, 0) is 80.0 Å². The second-order valence-corrected chi connectivity index (χ2v) is 7.07. The minimum absolute atomic E-state index is 0.239. The molecule has 0 spiro atoms. The molecule has 4 saturated carbocycles. The maximum Gasteiger partial charge on any atom is 0.228 e. The molecule has 20 heavy (non-hydrogen) atoms. The van der Waals surface area contributed by atoms with Gasteiger partial charge in [0.2, 0.25) is 5.91 Å². The lowest BCUT2D eigenvalue weighted by molar-refractivity contribution is -0.132. The van der Waals surface area contributed by atoms with Crippen molar-refractivity contribution in [2.45, 2.75) is 32.1 Å². The Morgan fingerprint density at radius 3 is 2.05 bits per heavy atom. The van der Waals surface area contributed by atoms with Gasteiger partial charge in [0, 0.05) is 17.3 Å². The van der Waals surface area contributed by atoms with Crippen molar-refractivity contribution >= 4 is 17.3 Å². The van der Waals surface area contributed by atoms with E-state index >= 15 is 0 Å².